The molecule has 20 heavy (non-hydrogen) atoms. The van der Waals surface area contributed by atoms with E-state index in [0.29, 0.717) is 24.2 Å². The molecule has 6 nitrogen and oxygen atoms in total. The van der Waals surface area contributed by atoms with Crippen molar-refractivity contribution < 1.29 is 10.0 Å². The SMILES string of the molecule is Cc1cccc(N2CC(O)CC2CN(C)C)c1[N+](=O)[O-]. The summed E-state index contributed by atoms with van der Waals surface area (Å²) in [6.07, 6.45) is 0.212. The van der Waals surface area contributed by atoms with Gasteiger partial charge in [0.25, 0.3) is 5.69 Å². The average Bonchev–Trinajstić information content (AvgIpc) is 2.68. The van der Waals surface area contributed by atoms with Gasteiger partial charge in [0.05, 0.1) is 11.0 Å². The molecule has 1 aromatic carbocycles. The number of aliphatic hydroxyl groups excluding tert-OH is 1. The average molecular weight is 279 g/mol. The van der Waals surface area contributed by atoms with Crippen LogP contribution < -0.4 is 4.90 Å². The number of likely N-dealkylation sites (N-methyl/N-ethyl adjacent to an activating group) is 1. The molecule has 1 fully saturated rings. The number of para-hydroxylation sites is 1. The Hall–Kier alpha value is -1.66. The molecule has 1 N–H and O–H groups in total. The molecule has 1 saturated heterocycles. The number of β-amino-alcohol motifs (C(OH)–C–C–N with tert-alkyl or cyclic N) is 1. The smallest absolute Gasteiger partial charge is 0.295 e. The molecular formula is C14H21N3O3. The third-order valence-corrected chi connectivity index (χ3v) is 3.68. The van der Waals surface area contributed by atoms with Gasteiger partial charge >= 0.3 is 0 Å². The number of nitro groups is 1. The van der Waals surface area contributed by atoms with Gasteiger partial charge < -0.3 is 14.9 Å². The van der Waals surface area contributed by atoms with Crippen LogP contribution in [0.1, 0.15) is 12.0 Å². The van der Waals surface area contributed by atoms with Crippen LogP contribution in [-0.2, 0) is 0 Å². The van der Waals surface area contributed by atoms with Crippen LogP contribution >= 0.6 is 0 Å². The molecule has 2 rings (SSSR count). The second kappa shape index (κ2) is 5.76. The highest BCUT2D eigenvalue weighted by atomic mass is 16.6. The fourth-order valence-corrected chi connectivity index (χ4v) is 2.89. The van der Waals surface area contributed by atoms with Gasteiger partial charge in [0.2, 0.25) is 0 Å². The summed E-state index contributed by atoms with van der Waals surface area (Å²) < 4.78 is 0. The molecular weight excluding hydrogens is 258 g/mol. The zero-order valence-corrected chi connectivity index (χ0v) is 12.1. The number of aliphatic hydroxyl groups is 1. The Morgan fingerprint density at radius 2 is 2.20 bits per heavy atom. The summed E-state index contributed by atoms with van der Waals surface area (Å²) in [7, 11) is 3.93. The molecule has 1 heterocycles. The summed E-state index contributed by atoms with van der Waals surface area (Å²) >= 11 is 0. The molecule has 2 unspecified atom stereocenters. The maximum absolute atomic E-state index is 11.3. The normalized spacial score (nSPS) is 22.6. The van der Waals surface area contributed by atoms with E-state index in [1.54, 1.807) is 19.1 Å². The van der Waals surface area contributed by atoms with Crippen molar-refractivity contribution in [3.8, 4) is 0 Å². The zero-order chi connectivity index (χ0) is 14.9. The summed E-state index contributed by atoms with van der Waals surface area (Å²) in [4.78, 5) is 15.0. The number of benzene rings is 1. The lowest BCUT2D eigenvalue weighted by Gasteiger charge is -2.28. The minimum Gasteiger partial charge on any atom is -0.391 e. The van der Waals surface area contributed by atoms with Crippen molar-refractivity contribution in [1.29, 1.82) is 0 Å². The molecule has 0 amide bonds. The van der Waals surface area contributed by atoms with E-state index in [-0.39, 0.29) is 16.7 Å². The van der Waals surface area contributed by atoms with Crippen molar-refractivity contribution in [2.24, 2.45) is 0 Å². The van der Waals surface area contributed by atoms with Gasteiger partial charge in [0, 0.05) is 24.7 Å². The minimum absolute atomic E-state index is 0.0977. The van der Waals surface area contributed by atoms with E-state index in [2.05, 4.69) is 0 Å². The lowest BCUT2D eigenvalue weighted by Crippen LogP contribution is -2.38. The first-order valence-electron chi connectivity index (χ1n) is 6.73. The van der Waals surface area contributed by atoms with Crippen molar-refractivity contribution in [3.63, 3.8) is 0 Å². The quantitative estimate of drug-likeness (QED) is 0.666. The zero-order valence-electron chi connectivity index (χ0n) is 12.1. The first-order valence-corrected chi connectivity index (χ1v) is 6.73. The molecule has 1 aromatic rings. The largest absolute Gasteiger partial charge is 0.391 e. The number of anilines is 1. The Bertz CT molecular complexity index is 504. The van der Waals surface area contributed by atoms with E-state index in [4.69, 9.17) is 0 Å². The van der Waals surface area contributed by atoms with Gasteiger partial charge in [-0.15, -0.1) is 0 Å². The molecule has 0 spiro atoms. The Balaban J connectivity index is 2.39. The van der Waals surface area contributed by atoms with Crippen LogP contribution in [0.3, 0.4) is 0 Å². The summed E-state index contributed by atoms with van der Waals surface area (Å²) in [5, 5.41) is 21.2. The molecule has 110 valence electrons. The van der Waals surface area contributed by atoms with Crippen molar-refractivity contribution in [1.82, 2.24) is 4.90 Å². The number of nitrogens with zero attached hydrogens (tertiary/aromatic N) is 3. The molecule has 1 aliphatic heterocycles. The van der Waals surface area contributed by atoms with Crippen molar-refractivity contribution in [2.75, 3.05) is 32.1 Å². The van der Waals surface area contributed by atoms with Gasteiger partial charge in [-0.1, -0.05) is 12.1 Å². The van der Waals surface area contributed by atoms with E-state index >= 15 is 0 Å². The van der Waals surface area contributed by atoms with Crippen molar-refractivity contribution >= 4 is 11.4 Å². The van der Waals surface area contributed by atoms with Crippen LogP contribution in [-0.4, -0.2) is 54.3 Å². The fraction of sp³-hybridized carbons (Fsp3) is 0.571. The maximum Gasteiger partial charge on any atom is 0.295 e. The third kappa shape index (κ3) is 2.91. The molecule has 6 heteroatoms. The first kappa shape index (κ1) is 14.7. The Labute approximate surface area is 118 Å². The van der Waals surface area contributed by atoms with Crippen LogP contribution in [0.15, 0.2) is 18.2 Å². The van der Waals surface area contributed by atoms with Gasteiger partial charge in [-0.3, -0.25) is 10.1 Å². The molecule has 0 saturated carbocycles. The minimum atomic E-state index is -0.430. The van der Waals surface area contributed by atoms with Gasteiger partial charge in [0.1, 0.15) is 5.69 Å². The summed E-state index contributed by atoms with van der Waals surface area (Å²) in [6.45, 7) is 2.96. The predicted octanol–water partition coefficient (Wildman–Crippen LogP) is 1.40. The summed E-state index contributed by atoms with van der Waals surface area (Å²) in [5.74, 6) is 0. The number of hydrogen-bond acceptors (Lipinski definition) is 5. The van der Waals surface area contributed by atoms with E-state index < -0.39 is 6.10 Å². The van der Waals surface area contributed by atoms with Crippen LogP contribution in [0.2, 0.25) is 0 Å². The predicted molar refractivity (Wildman–Crippen MR) is 78.1 cm³/mol. The summed E-state index contributed by atoms with van der Waals surface area (Å²) in [6, 6.07) is 5.44. The molecule has 0 radical (unpaired) electrons. The number of hydrogen-bond donors (Lipinski definition) is 1. The number of rotatable bonds is 4. The van der Waals surface area contributed by atoms with Crippen LogP contribution in [0.25, 0.3) is 0 Å². The lowest BCUT2D eigenvalue weighted by atomic mass is 10.1. The third-order valence-electron chi connectivity index (χ3n) is 3.68. The van der Waals surface area contributed by atoms with Crippen molar-refractivity contribution in [2.45, 2.75) is 25.5 Å². The van der Waals surface area contributed by atoms with Crippen LogP contribution in [0.4, 0.5) is 11.4 Å². The Morgan fingerprint density at radius 1 is 1.50 bits per heavy atom. The van der Waals surface area contributed by atoms with Gasteiger partial charge in [-0.2, -0.15) is 0 Å². The highest BCUT2D eigenvalue weighted by Gasteiger charge is 2.35. The summed E-state index contributed by atoms with van der Waals surface area (Å²) in [5.41, 5.74) is 1.40. The number of nitro benzene ring substituents is 1. The molecule has 0 aliphatic carbocycles. The second-order valence-electron chi connectivity index (χ2n) is 5.66. The van der Waals surface area contributed by atoms with Gasteiger partial charge in [-0.25, -0.2) is 0 Å². The molecule has 0 bridgehead atoms. The highest BCUT2D eigenvalue weighted by Crippen LogP contribution is 2.35. The fourth-order valence-electron chi connectivity index (χ4n) is 2.89. The van der Waals surface area contributed by atoms with Crippen LogP contribution in [0, 0.1) is 17.0 Å². The molecule has 0 aromatic heterocycles. The number of aryl methyl sites for hydroxylation is 1. The van der Waals surface area contributed by atoms with Crippen molar-refractivity contribution in [3.05, 3.63) is 33.9 Å². The van der Waals surface area contributed by atoms with E-state index in [1.165, 1.54) is 0 Å². The second-order valence-corrected chi connectivity index (χ2v) is 5.66. The highest BCUT2D eigenvalue weighted by molar-refractivity contribution is 5.67. The van der Waals surface area contributed by atoms with Gasteiger partial charge in [0.15, 0.2) is 0 Å². The molecule has 1 aliphatic rings. The monoisotopic (exact) mass is 279 g/mol. The van der Waals surface area contributed by atoms with E-state index in [9.17, 15) is 15.2 Å². The lowest BCUT2D eigenvalue weighted by molar-refractivity contribution is -0.384. The molecule has 2 atom stereocenters. The Morgan fingerprint density at radius 3 is 2.80 bits per heavy atom. The maximum atomic E-state index is 11.3. The topological polar surface area (TPSA) is 69.8 Å². The van der Waals surface area contributed by atoms with Crippen LogP contribution in [0.5, 0.6) is 0 Å². The first-order chi connectivity index (χ1) is 9.40. The van der Waals surface area contributed by atoms with E-state index in [1.807, 2.05) is 30.0 Å². The van der Waals surface area contributed by atoms with E-state index in [0.717, 1.165) is 6.54 Å². The van der Waals surface area contributed by atoms with Gasteiger partial charge in [-0.05, 0) is 33.5 Å². The standard InChI is InChI=1S/C14H21N3O3/c1-10-5-4-6-13(14(10)17(19)20)16-9-12(18)7-11(16)8-15(2)3/h4-6,11-12,18H,7-9H2,1-3H3. The Kier molecular flexibility index (Phi) is 4.25.